The first-order valence-corrected chi connectivity index (χ1v) is 6.67. The Morgan fingerprint density at radius 1 is 1.10 bits per heavy atom. The highest BCUT2D eigenvalue weighted by molar-refractivity contribution is 5.65. The van der Waals surface area contributed by atoms with E-state index < -0.39 is 11.7 Å². The summed E-state index contributed by atoms with van der Waals surface area (Å²) in [5.74, 6) is 0.481. The Bertz CT molecular complexity index is 597. The number of hydrogen-bond donors (Lipinski definition) is 0. The number of alkyl halides is 3. The van der Waals surface area contributed by atoms with Crippen molar-refractivity contribution in [1.82, 2.24) is 4.98 Å². The summed E-state index contributed by atoms with van der Waals surface area (Å²) < 4.78 is 44.5. The van der Waals surface area contributed by atoms with Gasteiger partial charge in [0.15, 0.2) is 12.2 Å². The van der Waals surface area contributed by atoms with Gasteiger partial charge in [-0.3, -0.25) is 0 Å². The van der Waals surface area contributed by atoms with Crippen LogP contribution in [0.3, 0.4) is 0 Å². The molecule has 1 saturated carbocycles. The molecule has 2 aromatic rings. The van der Waals surface area contributed by atoms with Crippen molar-refractivity contribution in [3.05, 3.63) is 41.9 Å². The van der Waals surface area contributed by atoms with Crippen molar-refractivity contribution < 1.29 is 17.6 Å². The molecule has 0 spiro atoms. The second-order valence-corrected chi connectivity index (χ2v) is 5.09. The molecule has 0 amide bonds. The maximum atomic E-state index is 13.1. The Morgan fingerprint density at radius 2 is 1.80 bits per heavy atom. The molecule has 106 valence electrons. The lowest BCUT2D eigenvalue weighted by Crippen LogP contribution is -2.07. The third kappa shape index (κ3) is 2.32. The van der Waals surface area contributed by atoms with E-state index >= 15 is 0 Å². The van der Waals surface area contributed by atoms with Crippen LogP contribution in [0.25, 0.3) is 11.3 Å². The van der Waals surface area contributed by atoms with Gasteiger partial charge in [-0.2, -0.15) is 13.2 Å². The van der Waals surface area contributed by atoms with Crippen molar-refractivity contribution in [3.8, 4) is 11.3 Å². The van der Waals surface area contributed by atoms with E-state index in [1.807, 2.05) is 0 Å². The van der Waals surface area contributed by atoms with Crippen LogP contribution in [0.4, 0.5) is 13.2 Å². The van der Waals surface area contributed by atoms with Crippen molar-refractivity contribution in [2.24, 2.45) is 0 Å². The summed E-state index contributed by atoms with van der Waals surface area (Å²) in [6, 6.07) is 5.50. The zero-order chi connectivity index (χ0) is 14.2. The van der Waals surface area contributed by atoms with E-state index in [9.17, 15) is 13.2 Å². The minimum atomic E-state index is -4.39. The van der Waals surface area contributed by atoms with Crippen LogP contribution in [0.5, 0.6) is 0 Å². The Kier molecular flexibility index (Phi) is 3.28. The Morgan fingerprint density at radius 3 is 2.50 bits per heavy atom. The Hall–Kier alpha value is -1.78. The van der Waals surface area contributed by atoms with Crippen LogP contribution in [0.15, 0.2) is 35.1 Å². The lowest BCUT2D eigenvalue weighted by atomic mass is 9.96. The summed E-state index contributed by atoms with van der Waals surface area (Å²) in [6.45, 7) is 0. The molecular weight excluding hydrogens is 267 g/mol. The highest BCUT2D eigenvalue weighted by atomic mass is 19.4. The molecule has 0 unspecified atom stereocenters. The van der Waals surface area contributed by atoms with Gasteiger partial charge in [-0.1, -0.05) is 31.0 Å². The van der Waals surface area contributed by atoms with Gasteiger partial charge in [0, 0.05) is 11.5 Å². The van der Waals surface area contributed by atoms with Gasteiger partial charge in [0.25, 0.3) is 0 Å². The molecule has 1 heterocycles. The monoisotopic (exact) mass is 281 g/mol. The highest BCUT2D eigenvalue weighted by Crippen LogP contribution is 2.42. The SMILES string of the molecule is FC(F)(F)c1ccccc1-c1ocnc1C1CCCC1. The minimum Gasteiger partial charge on any atom is -0.443 e. The smallest absolute Gasteiger partial charge is 0.417 e. The summed E-state index contributed by atoms with van der Waals surface area (Å²) >= 11 is 0. The molecule has 3 rings (SSSR count). The molecule has 0 saturated heterocycles. The normalized spacial score (nSPS) is 16.8. The topological polar surface area (TPSA) is 26.0 Å². The van der Waals surface area contributed by atoms with Crippen LogP contribution in [-0.4, -0.2) is 4.98 Å². The second-order valence-electron chi connectivity index (χ2n) is 5.09. The summed E-state index contributed by atoms with van der Waals surface area (Å²) in [5, 5.41) is 0. The summed E-state index contributed by atoms with van der Waals surface area (Å²) in [6.07, 6.45) is 0.976. The molecule has 20 heavy (non-hydrogen) atoms. The zero-order valence-electron chi connectivity index (χ0n) is 10.8. The first kappa shape index (κ1) is 13.2. The Balaban J connectivity index is 2.08. The van der Waals surface area contributed by atoms with Crippen LogP contribution < -0.4 is 0 Å². The summed E-state index contributed by atoms with van der Waals surface area (Å²) in [4.78, 5) is 4.16. The maximum Gasteiger partial charge on any atom is 0.417 e. The summed E-state index contributed by atoms with van der Waals surface area (Å²) in [7, 11) is 0. The number of aromatic nitrogens is 1. The molecule has 5 heteroatoms. The quantitative estimate of drug-likeness (QED) is 0.772. The molecule has 0 N–H and O–H groups in total. The number of oxazole rings is 1. The molecule has 0 atom stereocenters. The third-order valence-corrected chi connectivity index (χ3v) is 3.81. The van der Waals surface area contributed by atoms with Gasteiger partial charge < -0.3 is 4.42 Å². The van der Waals surface area contributed by atoms with Gasteiger partial charge in [0.2, 0.25) is 0 Å². The Labute approximate surface area is 114 Å². The molecular formula is C15H14F3NO. The predicted molar refractivity (Wildman–Crippen MR) is 68.2 cm³/mol. The first-order chi connectivity index (χ1) is 9.57. The fourth-order valence-electron chi connectivity index (χ4n) is 2.87. The average Bonchev–Trinajstić information content (AvgIpc) is 3.08. The average molecular weight is 281 g/mol. The molecule has 1 aromatic carbocycles. The maximum absolute atomic E-state index is 13.1. The number of hydrogen-bond acceptors (Lipinski definition) is 2. The van der Waals surface area contributed by atoms with Crippen LogP contribution in [0, 0.1) is 0 Å². The minimum absolute atomic E-state index is 0.0828. The van der Waals surface area contributed by atoms with E-state index in [2.05, 4.69) is 4.98 Å². The molecule has 1 aliphatic rings. The van der Waals surface area contributed by atoms with Crippen molar-refractivity contribution in [1.29, 1.82) is 0 Å². The van der Waals surface area contributed by atoms with Crippen LogP contribution >= 0.6 is 0 Å². The van der Waals surface area contributed by atoms with Gasteiger partial charge in [0.1, 0.15) is 0 Å². The summed E-state index contributed by atoms with van der Waals surface area (Å²) in [5.41, 5.74) is 0.0783. The van der Waals surface area contributed by atoms with E-state index in [0.29, 0.717) is 5.69 Å². The van der Waals surface area contributed by atoms with Crippen LogP contribution in [0.2, 0.25) is 0 Å². The largest absolute Gasteiger partial charge is 0.443 e. The number of halogens is 3. The number of rotatable bonds is 2. The third-order valence-electron chi connectivity index (χ3n) is 3.81. The molecule has 1 fully saturated rings. The van der Waals surface area contributed by atoms with Gasteiger partial charge in [0.05, 0.1) is 11.3 Å². The van der Waals surface area contributed by atoms with E-state index in [0.717, 1.165) is 31.7 Å². The molecule has 1 aromatic heterocycles. The van der Waals surface area contributed by atoms with Crippen molar-refractivity contribution in [2.45, 2.75) is 37.8 Å². The number of nitrogens with zero attached hydrogens (tertiary/aromatic N) is 1. The van der Waals surface area contributed by atoms with E-state index in [1.165, 1.54) is 18.5 Å². The van der Waals surface area contributed by atoms with Gasteiger partial charge in [-0.15, -0.1) is 0 Å². The molecule has 0 aliphatic heterocycles. The zero-order valence-corrected chi connectivity index (χ0v) is 10.8. The van der Waals surface area contributed by atoms with Crippen LogP contribution in [-0.2, 0) is 6.18 Å². The molecule has 1 aliphatic carbocycles. The molecule has 0 radical (unpaired) electrons. The van der Waals surface area contributed by atoms with E-state index in [1.54, 1.807) is 6.07 Å². The first-order valence-electron chi connectivity index (χ1n) is 6.67. The lowest BCUT2D eigenvalue weighted by molar-refractivity contribution is -0.137. The second kappa shape index (κ2) is 4.96. The van der Waals surface area contributed by atoms with E-state index in [-0.39, 0.29) is 17.2 Å². The standard InChI is InChI=1S/C15H14F3NO/c16-15(17,18)12-8-4-3-7-11(12)14-13(19-9-20-14)10-5-1-2-6-10/h3-4,7-10H,1-2,5-6H2. The van der Waals surface area contributed by atoms with Crippen molar-refractivity contribution in [3.63, 3.8) is 0 Å². The van der Waals surface area contributed by atoms with Gasteiger partial charge in [-0.25, -0.2) is 4.98 Å². The van der Waals surface area contributed by atoms with E-state index in [4.69, 9.17) is 4.42 Å². The van der Waals surface area contributed by atoms with Gasteiger partial charge in [-0.05, 0) is 18.9 Å². The van der Waals surface area contributed by atoms with Gasteiger partial charge >= 0.3 is 6.18 Å². The van der Waals surface area contributed by atoms with Crippen molar-refractivity contribution in [2.75, 3.05) is 0 Å². The number of benzene rings is 1. The van der Waals surface area contributed by atoms with Crippen molar-refractivity contribution >= 4 is 0 Å². The molecule has 0 bridgehead atoms. The fourth-order valence-corrected chi connectivity index (χ4v) is 2.87. The molecule has 2 nitrogen and oxygen atoms in total. The predicted octanol–water partition coefficient (Wildman–Crippen LogP) is 5.02. The van der Waals surface area contributed by atoms with Crippen LogP contribution in [0.1, 0.15) is 42.9 Å². The highest BCUT2D eigenvalue weighted by Gasteiger charge is 2.35. The fraction of sp³-hybridized carbons (Fsp3) is 0.400. The lowest BCUT2D eigenvalue weighted by Gasteiger charge is -2.13.